The van der Waals surface area contributed by atoms with E-state index in [1.165, 1.54) is 32.1 Å². The highest BCUT2D eigenvalue weighted by atomic mass is 32.3. The van der Waals surface area contributed by atoms with E-state index in [1.54, 1.807) is 0 Å². The van der Waals surface area contributed by atoms with Crippen LogP contribution in [0.15, 0.2) is 0 Å². The largest absolute Gasteiger partial charge is 0.137 e. The molecule has 0 aliphatic carbocycles. The molecule has 0 radical (unpaired) electrons. The second kappa shape index (κ2) is 9.91. The lowest BCUT2D eigenvalue weighted by Crippen LogP contribution is -2.15. The minimum atomic E-state index is 0.395. The standard InChI is InChI=1S/C14H30S3/c1-12(2)8-7-9-13(3)10-11-14(15-4,16-5)17-6/h12-13H,7-11H2,1-6H3. The molecule has 104 valence electrons. The molecule has 0 bridgehead atoms. The molecular formula is C14H30S3. The highest BCUT2D eigenvalue weighted by Gasteiger charge is 2.26. The highest BCUT2D eigenvalue weighted by Crippen LogP contribution is 2.47. The van der Waals surface area contributed by atoms with E-state index in [4.69, 9.17) is 0 Å². The molecule has 3 heteroatoms. The Morgan fingerprint density at radius 2 is 1.35 bits per heavy atom. The van der Waals surface area contributed by atoms with Gasteiger partial charge in [-0.1, -0.05) is 40.0 Å². The van der Waals surface area contributed by atoms with Gasteiger partial charge in [0.15, 0.2) is 0 Å². The molecule has 1 atom stereocenters. The third kappa shape index (κ3) is 7.94. The zero-order chi connectivity index (χ0) is 13.3. The van der Waals surface area contributed by atoms with Gasteiger partial charge in [-0.15, -0.1) is 35.3 Å². The molecule has 0 aromatic carbocycles. The van der Waals surface area contributed by atoms with E-state index in [1.807, 2.05) is 35.3 Å². The average Bonchev–Trinajstić information content (AvgIpc) is 2.31. The van der Waals surface area contributed by atoms with Crippen molar-refractivity contribution in [3.8, 4) is 0 Å². The van der Waals surface area contributed by atoms with Crippen LogP contribution in [0.5, 0.6) is 0 Å². The van der Waals surface area contributed by atoms with Crippen LogP contribution in [-0.2, 0) is 0 Å². The van der Waals surface area contributed by atoms with Crippen molar-refractivity contribution in [1.82, 2.24) is 0 Å². The summed E-state index contributed by atoms with van der Waals surface area (Å²) in [5.74, 6) is 1.75. The number of thioether (sulfide) groups is 3. The first-order chi connectivity index (χ1) is 7.99. The van der Waals surface area contributed by atoms with Crippen molar-refractivity contribution >= 4 is 35.3 Å². The van der Waals surface area contributed by atoms with Crippen LogP contribution in [0.1, 0.15) is 52.9 Å². The Kier molecular flexibility index (Phi) is 10.5. The predicted molar refractivity (Wildman–Crippen MR) is 90.4 cm³/mol. The molecule has 0 nitrogen and oxygen atoms in total. The fourth-order valence-electron chi connectivity index (χ4n) is 2.00. The predicted octanol–water partition coefficient (Wildman–Crippen LogP) is 5.97. The Balaban J connectivity index is 3.84. The molecule has 0 saturated carbocycles. The maximum absolute atomic E-state index is 2.42. The van der Waals surface area contributed by atoms with Crippen LogP contribution in [-0.4, -0.2) is 22.2 Å². The molecule has 0 aromatic rings. The van der Waals surface area contributed by atoms with Gasteiger partial charge in [0.1, 0.15) is 3.41 Å². The van der Waals surface area contributed by atoms with Crippen LogP contribution in [0, 0.1) is 11.8 Å². The van der Waals surface area contributed by atoms with Gasteiger partial charge in [-0.25, -0.2) is 0 Å². The van der Waals surface area contributed by atoms with Crippen LogP contribution < -0.4 is 0 Å². The third-order valence-corrected chi connectivity index (χ3v) is 8.83. The first-order valence-electron chi connectivity index (χ1n) is 6.65. The van der Waals surface area contributed by atoms with Gasteiger partial charge in [-0.2, -0.15) is 0 Å². The van der Waals surface area contributed by atoms with Gasteiger partial charge in [0, 0.05) is 0 Å². The van der Waals surface area contributed by atoms with Crippen LogP contribution in [0.2, 0.25) is 0 Å². The van der Waals surface area contributed by atoms with E-state index >= 15 is 0 Å². The van der Waals surface area contributed by atoms with E-state index in [0.717, 1.165) is 11.8 Å². The molecule has 0 amide bonds. The van der Waals surface area contributed by atoms with Crippen molar-refractivity contribution < 1.29 is 0 Å². The maximum Gasteiger partial charge on any atom is 0.106 e. The van der Waals surface area contributed by atoms with Crippen LogP contribution in [0.3, 0.4) is 0 Å². The Labute approximate surface area is 122 Å². The molecule has 0 aromatic heterocycles. The fourth-order valence-corrected chi connectivity index (χ4v) is 4.96. The summed E-state index contributed by atoms with van der Waals surface area (Å²) in [6.07, 6.45) is 13.7. The van der Waals surface area contributed by atoms with Gasteiger partial charge in [0.2, 0.25) is 0 Å². The van der Waals surface area contributed by atoms with Crippen LogP contribution in [0.25, 0.3) is 0 Å². The van der Waals surface area contributed by atoms with E-state index in [2.05, 4.69) is 39.5 Å². The summed E-state index contributed by atoms with van der Waals surface area (Å²) in [5.41, 5.74) is 0. The third-order valence-electron chi connectivity index (χ3n) is 3.35. The fraction of sp³-hybridized carbons (Fsp3) is 1.00. The summed E-state index contributed by atoms with van der Waals surface area (Å²) in [6.45, 7) is 7.07. The van der Waals surface area contributed by atoms with Crippen LogP contribution in [0.4, 0.5) is 0 Å². The number of hydrogen-bond acceptors (Lipinski definition) is 3. The van der Waals surface area contributed by atoms with Gasteiger partial charge >= 0.3 is 0 Å². The maximum atomic E-state index is 2.42. The van der Waals surface area contributed by atoms with E-state index in [9.17, 15) is 0 Å². The molecule has 0 aliphatic rings. The second-order valence-corrected chi connectivity index (χ2v) is 9.35. The first-order valence-corrected chi connectivity index (χ1v) is 10.3. The highest BCUT2D eigenvalue weighted by molar-refractivity contribution is 8.33. The van der Waals surface area contributed by atoms with Crippen LogP contribution >= 0.6 is 35.3 Å². The molecule has 0 fully saturated rings. The molecular weight excluding hydrogens is 264 g/mol. The van der Waals surface area contributed by atoms with Crippen molar-refractivity contribution in [3.05, 3.63) is 0 Å². The molecule has 0 heterocycles. The minimum absolute atomic E-state index is 0.395. The zero-order valence-electron chi connectivity index (χ0n) is 12.4. The number of rotatable bonds is 10. The first kappa shape index (κ1) is 18.0. The van der Waals surface area contributed by atoms with Gasteiger partial charge in [-0.3, -0.25) is 0 Å². The van der Waals surface area contributed by atoms with Gasteiger partial charge in [0.25, 0.3) is 0 Å². The lowest BCUT2D eigenvalue weighted by molar-refractivity contribution is 0.430. The summed E-state index contributed by atoms with van der Waals surface area (Å²) in [4.78, 5) is 0. The summed E-state index contributed by atoms with van der Waals surface area (Å²) in [6, 6.07) is 0. The SMILES string of the molecule is CSC(CCC(C)CCCC(C)C)(SC)SC. The summed E-state index contributed by atoms with van der Waals surface area (Å²) >= 11 is 6.04. The van der Waals surface area contributed by atoms with E-state index < -0.39 is 0 Å². The van der Waals surface area contributed by atoms with E-state index in [-0.39, 0.29) is 0 Å². The Morgan fingerprint density at radius 3 is 1.76 bits per heavy atom. The summed E-state index contributed by atoms with van der Waals surface area (Å²) < 4.78 is 0.395. The quantitative estimate of drug-likeness (QED) is 0.455. The molecule has 0 rings (SSSR count). The molecule has 0 N–H and O–H groups in total. The molecule has 17 heavy (non-hydrogen) atoms. The normalized spacial score (nSPS) is 14.3. The number of hydrogen-bond donors (Lipinski definition) is 0. The van der Waals surface area contributed by atoms with Crippen molar-refractivity contribution in [2.75, 3.05) is 18.8 Å². The topological polar surface area (TPSA) is 0 Å². The summed E-state index contributed by atoms with van der Waals surface area (Å²) in [5, 5.41) is 0. The second-order valence-electron chi connectivity index (χ2n) is 5.26. The Morgan fingerprint density at radius 1 is 0.824 bits per heavy atom. The van der Waals surface area contributed by atoms with Gasteiger partial charge < -0.3 is 0 Å². The minimum Gasteiger partial charge on any atom is -0.137 e. The average molecular weight is 295 g/mol. The Hall–Kier alpha value is 1.05. The molecule has 0 saturated heterocycles. The molecule has 1 unspecified atom stereocenters. The monoisotopic (exact) mass is 294 g/mol. The van der Waals surface area contributed by atoms with Crippen molar-refractivity contribution in [2.45, 2.75) is 56.3 Å². The lowest BCUT2D eigenvalue weighted by Gasteiger charge is -2.29. The van der Waals surface area contributed by atoms with Gasteiger partial charge in [0.05, 0.1) is 0 Å². The van der Waals surface area contributed by atoms with Crippen molar-refractivity contribution in [3.63, 3.8) is 0 Å². The molecule has 0 aliphatic heterocycles. The Bertz CT molecular complexity index is 168. The summed E-state index contributed by atoms with van der Waals surface area (Å²) in [7, 11) is 0. The molecule has 0 spiro atoms. The van der Waals surface area contributed by atoms with Crippen molar-refractivity contribution in [1.29, 1.82) is 0 Å². The zero-order valence-corrected chi connectivity index (χ0v) is 14.9. The van der Waals surface area contributed by atoms with Crippen molar-refractivity contribution in [2.24, 2.45) is 11.8 Å². The van der Waals surface area contributed by atoms with E-state index in [0.29, 0.717) is 3.41 Å². The van der Waals surface area contributed by atoms with Gasteiger partial charge in [-0.05, 0) is 43.4 Å². The lowest BCUT2D eigenvalue weighted by atomic mass is 9.96. The smallest absolute Gasteiger partial charge is 0.106 e.